The first-order valence-corrected chi connectivity index (χ1v) is 7.18. The molecule has 0 aromatic heterocycles. The summed E-state index contributed by atoms with van der Waals surface area (Å²) in [7, 11) is 2.51. The average Bonchev–Trinajstić information content (AvgIpc) is 2.75. The Morgan fingerprint density at radius 3 is 2.35 bits per heavy atom. The number of hydrogen-bond acceptors (Lipinski definition) is 5. The molecule has 0 amide bonds. The van der Waals surface area contributed by atoms with E-state index in [0.29, 0.717) is 10.7 Å². The van der Waals surface area contributed by atoms with E-state index in [4.69, 9.17) is 21.1 Å². The lowest BCUT2D eigenvalue weighted by Gasteiger charge is -2.23. The standard InChI is InChI=1S/C17H16ClNO4/c1-11-8-12(18)10-13(9-11)19-7-5-4-6-14(16(20)22-2)15(19)17(21)23-3/h4-10H,1-3H3. The summed E-state index contributed by atoms with van der Waals surface area (Å²) >= 11 is 6.11. The molecule has 1 aliphatic heterocycles. The Bertz CT molecular complexity index is 714. The van der Waals surface area contributed by atoms with Gasteiger partial charge in [-0.3, -0.25) is 0 Å². The molecule has 0 atom stereocenters. The Labute approximate surface area is 139 Å². The van der Waals surface area contributed by atoms with Crippen molar-refractivity contribution < 1.29 is 19.1 Å². The molecule has 120 valence electrons. The van der Waals surface area contributed by atoms with E-state index in [2.05, 4.69) is 0 Å². The first kappa shape index (κ1) is 16.8. The molecule has 23 heavy (non-hydrogen) atoms. The number of benzene rings is 1. The molecule has 0 unspecified atom stereocenters. The molecule has 2 rings (SSSR count). The van der Waals surface area contributed by atoms with Crippen molar-refractivity contribution in [2.24, 2.45) is 0 Å². The number of halogens is 1. The summed E-state index contributed by atoms with van der Waals surface area (Å²) in [5.41, 5.74) is 1.71. The van der Waals surface area contributed by atoms with Crippen LogP contribution in [-0.2, 0) is 19.1 Å². The molecule has 0 aliphatic carbocycles. The van der Waals surface area contributed by atoms with E-state index < -0.39 is 11.9 Å². The quantitative estimate of drug-likeness (QED) is 0.795. The van der Waals surface area contributed by atoms with Crippen LogP contribution in [0.3, 0.4) is 0 Å². The first-order chi connectivity index (χ1) is 11.0. The number of allylic oxidation sites excluding steroid dienone is 2. The van der Waals surface area contributed by atoms with Gasteiger partial charge >= 0.3 is 11.9 Å². The Morgan fingerprint density at radius 1 is 1.04 bits per heavy atom. The lowest BCUT2D eigenvalue weighted by atomic mass is 10.1. The van der Waals surface area contributed by atoms with Crippen molar-refractivity contribution in [2.75, 3.05) is 19.1 Å². The van der Waals surface area contributed by atoms with Gasteiger partial charge in [-0.05, 0) is 42.8 Å². The van der Waals surface area contributed by atoms with Crippen LogP contribution in [0, 0.1) is 6.92 Å². The highest BCUT2D eigenvalue weighted by atomic mass is 35.5. The highest BCUT2D eigenvalue weighted by Crippen LogP contribution is 2.29. The van der Waals surface area contributed by atoms with E-state index in [1.54, 1.807) is 35.4 Å². The van der Waals surface area contributed by atoms with Crippen LogP contribution < -0.4 is 4.90 Å². The van der Waals surface area contributed by atoms with Gasteiger partial charge in [0.25, 0.3) is 0 Å². The number of anilines is 1. The molecule has 0 fully saturated rings. The summed E-state index contributed by atoms with van der Waals surface area (Å²) in [5.74, 6) is -1.28. The van der Waals surface area contributed by atoms with Gasteiger partial charge in [-0.2, -0.15) is 0 Å². The van der Waals surface area contributed by atoms with Crippen molar-refractivity contribution in [1.29, 1.82) is 0 Å². The fourth-order valence-electron chi connectivity index (χ4n) is 2.22. The molecule has 0 saturated heterocycles. The van der Waals surface area contributed by atoms with Crippen LogP contribution in [-0.4, -0.2) is 26.2 Å². The predicted octanol–water partition coefficient (Wildman–Crippen LogP) is 3.14. The number of esters is 2. The molecule has 5 nitrogen and oxygen atoms in total. The monoisotopic (exact) mass is 333 g/mol. The molecule has 0 radical (unpaired) electrons. The van der Waals surface area contributed by atoms with Crippen molar-refractivity contribution in [3.05, 3.63) is 64.5 Å². The Kier molecular flexibility index (Phi) is 5.24. The van der Waals surface area contributed by atoms with E-state index in [0.717, 1.165) is 5.56 Å². The number of nitrogens with zero attached hydrogens (tertiary/aromatic N) is 1. The van der Waals surface area contributed by atoms with Gasteiger partial charge in [0.2, 0.25) is 0 Å². The number of carbonyl (C=O) groups excluding carboxylic acids is 2. The second kappa shape index (κ2) is 7.15. The third kappa shape index (κ3) is 3.63. The number of carbonyl (C=O) groups is 2. The highest BCUT2D eigenvalue weighted by molar-refractivity contribution is 6.31. The Hall–Kier alpha value is -2.53. The van der Waals surface area contributed by atoms with Crippen LogP contribution in [0.15, 0.2) is 53.9 Å². The van der Waals surface area contributed by atoms with Gasteiger partial charge in [0.05, 0.1) is 19.8 Å². The topological polar surface area (TPSA) is 55.8 Å². The molecule has 1 aromatic carbocycles. The molecule has 6 heteroatoms. The molecular weight excluding hydrogens is 318 g/mol. The third-order valence-corrected chi connectivity index (χ3v) is 3.41. The number of rotatable bonds is 3. The molecule has 0 N–H and O–H groups in total. The van der Waals surface area contributed by atoms with E-state index in [-0.39, 0.29) is 11.3 Å². The maximum Gasteiger partial charge on any atom is 0.355 e. The van der Waals surface area contributed by atoms with Gasteiger partial charge in [-0.1, -0.05) is 17.7 Å². The zero-order valence-electron chi connectivity index (χ0n) is 13.0. The molecule has 1 heterocycles. The summed E-state index contributed by atoms with van der Waals surface area (Å²) in [6, 6.07) is 5.34. The largest absolute Gasteiger partial charge is 0.465 e. The molecule has 0 saturated carbocycles. The molecule has 0 bridgehead atoms. The van der Waals surface area contributed by atoms with Gasteiger partial charge < -0.3 is 14.4 Å². The SMILES string of the molecule is COC(=O)C1=C(C(=O)OC)N(c2cc(C)cc(Cl)c2)C=CC=C1. The zero-order chi connectivity index (χ0) is 17.0. The smallest absolute Gasteiger partial charge is 0.355 e. The van der Waals surface area contributed by atoms with Gasteiger partial charge in [0, 0.05) is 16.9 Å². The van der Waals surface area contributed by atoms with Crippen molar-refractivity contribution >= 4 is 29.2 Å². The predicted molar refractivity (Wildman–Crippen MR) is 88.0 cm³/mol. The van der Waals surface area contributed by atoms with Crippen LogP contribution in [0.2, 0.25) is 5.02 Å². The lowest BCUT2D eigenvalue weighted by Crippen LogP contribution is -2.27. The number of hydrogen-bond donors (Lipinski definition) is 0. The molecule has 1 aromatic rings. The third-order valence-electron chi connectivity index (χ3n) is 3.19. The maximum atomic E-state index is 12.3. The molecular formula is C17H16ClNO4. The summed E-state index contributed by atoms with van der Waals surface area (Å²) in [6.45, 7) is 1.89. The first-order valence-electron chi connectivity index (χ1n) is 6.80. The Morgan fingerprint density at radius 2 is 1.74 bits per heavy atom. The van der Waals surface area contributed by atoms with Crippen molar-refractivity contribution in [1.82, 2.24) is 0 Å². The van der Waals surface area contributed by atoms with E-state index >= 15 is 0 Å². The minimum Gasteiger partial charge on any atom is -0.465 e. The van der Waals surface area contributed by atoms with Crippen LogP contribution in [0.1, 0.15) is 5.56 Å². The van der Waals surface area contributed by atoms with Crippen LogP contribution in [0.25, 0.3) is 0 Å². The Balaban J connectivity index is 2.68. The maximum absolute atomic E-state index is 12.3. The van der Waals surface area contributed by atoms with Gasteiger partial charge in [0.1, 0.15) is 5.70 Å². The van der Waals surface area contributed by atoms with Crippen LogP contribution in [0.5, 0.6) is 0 Å². The van der Waals surface area contributed by atoms with Crippen LogP contribution in [0.4, 0.5) is 5.69 Å². The zero-order valence-corrected chi connectivity index (χ0v) is 13.8. The summed E-state index contributed by atoms with van der Waals surface area (Å²) in [6.07, 6.45) is 6.51. The second-order valence-corrected chi connectivity index (χ2v) is 5.24. The van der Waals surface area contributed by atoms with E-state index in [9.17, 15) is 9.59 Å². The van der Waals surface area contributed by atoms with Gasteiger partial charge in [0.15, 0.2) is 0 Å². The minimum absolute atomic E-state index is 0.0611. The normalized spacial score (nSPS) is 13.8. The number of methoxy groups -OCH3 is 2. The molecule has 0 spiro atoms. The van der Waals surface area contributed by atoms with Gasteiger partial charge in [-0.25, -0.2) is 9.59 Å². The highest BCUT2D eigenvalue weighted by Gasteiger charge is 2.27. The fourth-order valence-corrected chi connectivity index (χ4v) is 2.51. The summed E-state index contributed by atoms with van der Waals surface area (Å²) in [4.78, 5) is 25.9. The van der Waals surface area contributed by atoms with Crippen molar-refractivity contribution in [3.8, 4) is 0 Å². The number of aryl methyl sites for hydroxylation is 1. The summed E-state index contributed by atoms with van der Waals surface area (Å²) in [5, 5.41) is 0.523. The summed E-state index contributed by atoms with van der Waals surface area (Å²) < 4.78 is 9.60. The van der Waals surface area contributed by atoms with Crippen molar-refractivity contribution in [3.63, 3.8) is 0 Å². The second-order valence-electron chi connectivity index (χ2n) is 4.80. The number of ether oxygens (including phenoxy) is 2. The van der Waals surface area contributed by atoms with E-state index in [1.807, 2.05) is 13.0 Å². The van der Waals surface area contributed by atoms with Crippen LogP contribution >= 0.6 is 11.6 Å². The molecule has 1 aliphatic rings. The van der Waals surface area contributed by atoms with Gasteiger partial charge in [-0.15, -0.1) is 0 Å². The lowest BCUT2D eigenvalue weighted by molar-refractivity contribution is -0.139. The average molecular weight is 334 g/mol. The van der Waals surface area contributed by atoms with E-state index in [1.165, 1.54) is 20.3 Å². The minimum atomic E-state index is -0.653. The van der Waals surface area contributed by atoms with Crippen molar-refractivity contribution in [2.45, 2.75) is 6.92 Å². The fraction of sp³-hybridized carbons (Fsp3) is 0.176.